The van der Waals surface area contributed by atoms with Gasteiger partial charge in [0.1, 0.15) is 18.5 Å². The fourth-order valence-corrected chi connectivity index (χ4v) is 6.02. The summed E-state index contributed by atoms with van der Waals surface area (Å²) in [6.45, 7) is 1.87. The molecule has 0 spiro atoms. The van der Waals surface area contributed by atoms with E-state index in [2.05, 4.69) is 24.5 Å². The Morgan fingerprint density at radius 2 is 1.77 bits per heavy atom. The third-order valence-electron chi connectivity index (χ3n) is 7.34. The van der Waals surface area contributed by atoms with E-state index in [4.69, 9.17) is 9.84 Å². The van der Waals surface area contributed by atoms with Crippen molar-refractivity contribution in [2.45, 2.75) is 74.4 Å². The number of ether oxygens (including phenoxy) is 1. The normalized spacial score (nSPS) is 24.1. The molecule has 3 fully saturated rings. The molecule has 3 aromatic rings. The second-order valence-electron chi connectivity index (χ2n) is 9.87. The van der Waals surface area contributed by atoms with Crippen LogP contribution < -0.4 is 9.64 Å². The number of aromatic nitrogens is 5. The number of benzene rings is 1. The number of anilines is 1. The molecule has 0 amide bonds. The first-order valence-corrected chi connectivity index (χ1v) is 13.9. The van der Waals surface area contributed by atoms with Crippen molar-refractivity contribution in [3.8, 4) is 11.6 Å². The van der Waals surface area contributed by atoms with E-state index >= 15 is 0 Å². The molecule has 2 bridgehead atoms. The molecule has 35 heavy (non-hydrogen) atoms. The molecule has 11 heteroatoms. The highest BCUT2D eigenvalue weighted by atomic mass is 32.2. The number of hydrogen-bond acceptors (Lipinski definition) is 8. The van der Waals surface area contributed by atoms with Gasteiger partial charge in [-0.25, -0.2) is 32.4 Å². The van der Waals surface area contributed by atoms with E-state index < -0.39 is 15.7 Å². The van der Waals surface area contributed by atoms with Gasteiger partial charge < -0.3 is 9.64 Å². The molecule has 2 aliphatic heterocycles. The second-order valence-corrected chi connectivity index (χ2v) is 11.9. The lowest BCUT2D eigenvalue weighted by Gasteiger charge is -2.40. The van der Waals surface area contributed by atoms with Crippen LogP contribution in [0, 0.1) is 12.7 Å². The fraction of sp³-hybridized carbons (Fsp3) is 0.500. The van der Waals surface area contributed by atoms with Gasteiger partial charge in [0.2, 0.25) is 5.88 Å². The minimum absolute atomic E-state index is 0.0792. The molecular weight excluding hydrogens is 471 g/mol. The lowest BCUT2D eigenvalue weighted by atomic mass is 9.97. The summed E-state index contributed by atoms with van der Waals surface area (Å²) >= 11 is 0. The predicted molar refractivity (Wildman–Crippen MR) is 126 cm³/mol. The molecule has 4 heterocycles. The number of hydrogen-bond donors (Lipinski definition) is 0. The van der Waals surface area contributed by atoms with Crippen LogP contribution in [0.2, 0.25) is 0 Å². The molecule has 1 saturated carbocycles. The molecule has 6 rings (SSSR count). The maximum Gasteiger partial charge on any atom is 0.227 e. The smallest absolute Gasteiger partial charge is 0.227 e. The average Bonchev–Trinajstić information content (AvgIpc) is 3.49. The minimum atomic E-state index is -3.51. The first-order valence-electron chi connectivity index (χ1n) is 12.0. The van der Waals surface area contributed by atoms with Gasteiger partial charge in [-0.15, -0.1) is 0 Å². The van der Waals surface area contributed by atoms with Gasteiger partial charge in [0.15, 0.2) is 27.2 Å². The van der Waals surface area contributed by atoms with Crippen molar-refractivity contribution >= 4 is 15.7 Å². The van der Waals surface area contributed by atoms with Crippen LogP contribution in [0.15, 0.2) is 35.7 Å². The van der Waals surface area contributed by atoms with Gasteiger partial charge in [-0.05, 0) is 63.6 Å². The molecule has 2 aromatic heterocycles. The standard InChI is InChI=1S/C24H27FN6O3S/c1-14-23(26-12-27-24(14)34-21-8-7-19(11-20(21)25)35(2,32)33)31-16-5-6-17(31)10-18(9-16)30-13-28-22(29-30)15-3-4-15/h7-8,11-13,15-18H,3-6,9-10H2,1-2H3. The lowest BCUT2D eigenvalue weighted by Crippen LogP contribution is -2.44. The largest absolute Gasteiger partial charge is 0.435 e. The highest BCUT2D eigenvalue weighted by molar-refractivity contribution is 7.90. The van der Waals surface area contributed by atoms with Crippen LogP contribution in [0.4, 0.5) is 10.2 Å². The van der Waals surface area contributed by atoms with Gasteiger partial charge in [-0.2, -0.15) is 5.10 Å². The zero-order valence-electron chi connectivity index (χ0n) is 19.6. The van der Waals surface area contributed by atoms with E-state index in [1.807, 2.05) is 13.3 Å². The second kappa shape index (κ2) is 8.25. The van der Waals surface area contributed by atoms with Crippen LogP contribution in [0.25, 0.3) is 0 Å². The molecule has 0 radical (unpaired) electrons. The zero-order chi connectivity index (χ0) is 24.3. The van der Waals surface area contributed by atoms with Crippen LogP contribution in [0.3, 0.4) is 0 Å². The van der Waals surface area contributed by atoms with Gasteiger partial charge in [0.25, 0.3) is 0 Å². The van der Waals surface area contributed by atoms with E-state index in [0.29, 0.717) is 24.0 Å². The number of halogens is 1. The first kappa shape index (κ1) is 22.4. The van der Waals surface area contributed by atoms with Crippen molar-refractivity contribution in [1.29, 1.82) is 0 Å². The topological polar surface area (TPSA) is 103 Å². The van der Waals surface area contributed by atoms with Crippen molar-refractivity contribution in [3.63, 3.8) is 0 Å². The molecule has 1 aliphatic carbocycles. The summed E-state index contributed by atoms with van der Waals surface area (Å²) in [7, 11) is -3.51. The molecule has 2 atom stereocenters. The Labute approximate surface area is 203 Å². The van der Waals surface area contributed by atoms with E-state index in [0.717, 1.165) is 55.2 Å². The monoisotopic (exact) mass is 498 g/mol. The zero-order valence-corrected chi connectivity index (χ0v) is 20.4. The SMILES string of the molecule is Cc1c(Oc2ccc(S(C)(=O)=O)cc2F)ncnc1N1C2CCC1CC(n1cnc(C3CC3)n1)C2. The molecule has 0 N–H and O–H groups in total. The van der Waals surface area contributed by atoms with Crippen molar-refractivity contribution in [3.05, 3.63) is 48.1 Å². The highest BCUT2D eigenvalue weighted by Gasteiger charge is 2.43. The van der Waals surface area contributed by atoms with Crippen LogP contribution >= 0.6 is 0 Å². The van der Waals surface area contributed by atoms with Crippen LogP contribution in [0.5, 0.6) is 11.6 Å². The van der Waals surface area contributed by atoms with Crippen molar-refractivity contribution in [1.82, 2.24) is 24.7 Å². The van der Waals surface area contributed by atoms with E-state index in [1.165, 1.54) is 31.3 Å². The van der Waals surface area contributed by atoms with Gasteiger partial charge in [-0.1, -0.05) is 0 Å². The van der Waals surface area contributed by atoms with E-state index in [9.17, 15) is 12.8 Å². The summed E-state index contributed by atoms with van der Waals surface area (Å²) in [4.78, 5) is 15.6. The van der Waals surface area contributed by atoms with E-state index in [1.54, 1.807) is 0 Å². The Morgan fingerprint density at radius 3 is 2.43 bits per heavy atom. The Kier molecular flexibility index (Phi) is 5.28. The third-order valence-corrected chi connectivity index (χ3v) is 8.46. The number of nitrogens with zero attached hydrogens (tertiary/aromatic N) is 6. The lowest BCUT2D eigenvalue weighted by molar-refractivity contribution is 0.311. The van der Waals surface area contributed by atoms with Crippen molar-refractivity contribution in [2.75, 3.05) is 11.2 Å². The average molecular weight is 499 g/mol. The number of rotatable bonds is 6. The molecule has 9 nitrogen and oxygen atoms in total. The minimum Gasteiger partial charge on any atom is -0.435 e. The maximum atomic E-state index is 14.6. The summed E-state index contributed by atoms with van der Waals surface area (Å²) in [6.07, 6.45) is 10.8. The molecular formula is C24H27FN6O3S. The van der Waals surface area contributed by atoms with Crippen molar-refractivity contribution < 1.29 is 17.5 Å². The highest BCUT2D eigenvalue weighted by Crippen LogP contribution is 2.45. The number of sulfone groups is 1. The summed E-state index contributed by atoms with van der Waals surface area (Å²) < 4.78 is 45.8. The van der Waals surface area contributed by atoms with E-state index in [-0.39, 0.29) is 16.5 Å². The summed E-state index contributed by atoms with van der Waals surface area (Å²) in [5.41, 5.74) is 0.728. The van der Waals surface area contributed by atoms with Crippen LogP contribution in [0.1, 0.15) is 61.9 Å². The Balaban J connectivity index is 1.23. The molecule has 184 valence electrons. The predicted octanol–water partition coefficient (Wildman–Crippen LogP) is 3.96. The van der Waals surface area contributed by atoms with Gasteiger partial charge in [0, 0.05) is 24.3 Å². The van der Waals surface area contributed by atoms with Crippen LogP contribution in [-0.4, -0.2) is 51.5 Å². The Bertz CT molecular complexity index is 1380. The summed E-state index contributed by atoms with van der Waals surface area (Å²) in [5.74, 6) is 1.74. The number of fused-ring (bicyclic) bond motifs is 2. The van der Waals surface area contributed by atoms with Gasteiger partial charge in [-0.3, -0.25) is 0 Å². The molecule has 2 unspecified atom stereocenters. The summed E-state index contributed by atoms with van der Waals surface area (Å²) in [6, 6.07) is 4.57. The molecule has 2 saturated heterocycles. The molecule has 3 aliphatic rings. The fourth-order valence-electron chi connectivity index (χ4n) is 5.39. The molecule has 1 aromatic carbocycles. The summed E-state index contributed by atoms with van der Waals surface area (Å²) in [5, 5.41) is 4.77. The third kappa shape index (κ3) is 4.15. The Morgan fingerprint density at radius 1 is 1.03 bits per heavy atom. The first-order chi connectivity index (χ1) is 16.8. The van der Waals surface area contributed by atoms with Crippen molar-refractivity contribution in [2.24, 2.45) is 0 Å². The maximum absolute atomic E-state index is 14.6. The quantitative estimate of drug-likeness (QED) is 0.503. The van der Waals surface area contributed by atoms with Gasteiger partial charge in [0.05, 0.1) is 16.5 Å². The Hall–Kier alpha value is -3.08. The van der Waals surface area contributed by atoms with Crippen LogP contribution in [-0.2, 0) is 9.84 Å². The number of piperidine rings is 1. The van der Waals surface area contributed by atoms with Gasteiger partial charge >= 0.3 is 0 Å².